The lowest BCUT2D eigenvalue weighted by atomic mass is 10.1. The Bertz CT molecular complexity index is 654. The average molecular weight is 325 g/mol. The van der Waals surface area contributed by atoms with E-state index in [1.54, 1.807) is 7.11 Å². The Morgan fingerprint density at radius 1 is 1.08 bits per heavy atom. The maximum atomic E-state index is 12.4. The molecule has 126 valence electrons. The van der Waals surface area contributed by atoms with Crippen LogP contribution in [-0.2, 0) is 11.2 Å². The molecule has 1 saturated heterocycles. The number of methoxy groups -OCH3 is 1. The highest BCUT2D eigenvalue weighted by Gasteiger charge is 2.27. The largest absolute Gasteiger partial charge is 0.497 e. The lowest BCUT2D eigenvalue weighted by Crippen LogP contribution is -2.31. The van der Waals surface area contributed by atoms with Gasteiger partial charge in [-0.25, -0.2) is 0 Å². The predicted molar refractivity (Wildman–Crippen MR) is 93.4 cm³/mol. The molecular weight excluding hydrogens is 302 g/mol. The fourth-order valence-corrected chi connectivity index (χ4v) is 2.94. The summed E-state index contributed by atoms with van der Waals surface area (Å²) in [6, 6.07) is 17.7. The van der Waals surface area contributed by atoms with Crippen LogP contribution in [0, 0.1) is 0 Å². The smallest absolute Gasteiger partial charge is 0.223 e. The molecule has 1 fully saturated rings. The van der Waals surface area contributed by atoms with Crippen LogP contribution >= 0.6 is 0 Å². The summed E-state index contributed by atoms with van der Waals surface area (Å²) in [5.41, 5.74) is 1.15. The van der Waals surface area contributed by atoms with Crippen molar-refractivity contribution < 1.29 is 14.3 Å². The fourth-order valence-electron chi connectivity index (χ4n) is 2.94. The predicted octanol–water partition coefficient (Wildman–Crippen LogP) is 3.31. The molecule has 4 heteroatoms. The Morgan fingerprint density at radius 2 is 1.83 bits per heavy atom. The summed E-state index contributed by atoms with van der Waals surface area (Å²) >= 11 is 0. The molecule has 0 saturated carbocycles. The van der Waals surface area contributed by atoms with Crippen LogP contribution in [0.3, 0.4) is 0 Å². The Labute approximate surface area is 143 Å². The van der Waals surface area contributed by atoms with Crippen LogP contribution in [-0.4, -0.2) is 37.1 Å². The van der Waals surface area contributed by atoms with E-state index in [-0.39, 0.29) is 12.0 Å². The van der Waals surface area contributed by atoms with Crippen LogP contribution in [0.15, 0.2) is 54.6 Å². The number of para-hydroxylation sites is 1. The molecule has 2 aromatic rings. The Hall–Kier alpha value is -2.49. The molecule has 0 aromatic heterocycles. The molecule has 0 N–H and O–H groups in total. The molecule has 0 spiro atoms. The van der Waals surface area contributed by atoms with Crippen LogP contribution in [0.5, 0.6) is 11.5 Å². The highest BCUT2D eigenvalue weighted by atomic mass is 16.5. The summed E-state index contributed by atoms with van der Waals surface area (Å²) in [5.74, 6) is 1.91. The molecule has 1 unspecified atom stereocenters. The molecule has 1 aliphatic heterocycles. The van der Waals surface area contributed by atoms with E-state index in [1.807, 2.05) is 59.5 Å². The lowest BCUT2D eigenvalue weighted by Gasteiger charge is -2.17. The van der Waals surface area contributed by atoms with Crippen molar-refractivity contribution >= 4 is 5.91 Å². The van der Waals surface area contributed by atoms with Crippen molar-refractivity contribution in [3.8, 4) is 11.5 Å². The molecule has 1 aliphatic rings. The standard InChI is InChI=1S/C20H23NO3/c1-23-17-10-7-16(8-11-17)9-12-20(22)21-14-13-19(15-21)24-18-5-3-2-4-6-18/h2-8,10-11,19H,9,12-15H2,1H3. The van der Waals surface area contributed by atoms with E-state index in [0.717, 1.165) is 36.4 Å². The summed E-state index contributed by atoms with van der Waals surface area (Å²) in [6.45, 7) is 1.45. The molecule has 3 rings (SSSR count). The van der Waals surface area contributed by atoms with Crippen molar-refractivity contribution in [1.82, 2.24) is 4.90 Å². The van der Waals surface area contributed by atoms with Gasteiger partial charge in [-0.3, -0.25) is 4.79 Å². The number of hydrogen-bond acceptors (Lipinski definition) is 3. The maximum Gasteiger partial charge on any atom is 0.223 e. The van der Waals surface area contributed by atoms with Gasteiger partial charge < -0.3 is 14.4 Å². The summed E-state index contributed by atoms with van der Waals surface area (Å²) < 4.78 is 11.1. The van der Waals surface area contributed by atoms with Gasteiger partial charge in [0.15, 0.2) is 0 Å². The van der Waals surface area contributed by atoms with E-state index in [0.29, 0.717) is 13.0 Å². The number of hydrogen-bond donors (Lipinski definition) is 0. The quantitative estimate of drug-likeness (QED) is 0.818. The second-order valence-electron chi connectivity index (χ2n) is 6.03. The number of carbonyl (C=O) groups is 1. The summed E-state index contributed by atoms with van der Waals surface area (Å²) in [6.07, 6.45) is 2.27. The van der Waals surface area contributed by atoms with E-state index in [2.05, 4.69) is 0 Å². The van der Waals surface area contributed by atoms with Gasteiger partial charge in [0.1, 0.15) is 17.6 Å². The van der Waals surface area contributed by atoms with E-state index in [1.165, 1.54) is 0 Å². The van der Waals surface area contributed by atoms with Crippen molar-refractivity contribution in [1.29, 1.82) is 0 Å². The van der Waals surface area contributed by atoms with Gasteiger partial charge in [-0.2, -0.15) is 0 Å². The number of ether oxygens (including phenoxy) is 2. The molecule has 0 radical (unpaired) electrons. The zero-order valence-electron chi connectivity index (χ0n) is 14.0. The highest BCUT2D eigenvalue weighted by Crippen LogP contribution is 2.19. The molecule has 0 bridgehead atoms. The second-order valence-corrected chi connectivity index (χ2v) is 6.03. The first-order valence-electron chi connectivity index (χ1n) is 8.37. The SMILES string of the molecule is COc1ccc(CCC(=O)N2CCC(Oc3ccccc3)C2)cc1. The van der Waals surface area contributed by atoms with Gasteiger partial charge in [0.25, 0.3) is 0 Å². The average Bonchev–Trinajstić information content (AvgIpc) is 3.09. The third-order valence-electron chi connectivity index (χ3n) is 4.33. The van der Waals surface area contributed by atoms with Crippen LogP contribution < -0.4 is 9.47 Å². The van der Waals surface area contributed by atoms with Crippen molar-refractivity contribution in [3.05, 3.63) is 60.2 Å². The lowest BCUT2D eigenvalue weighted by molar-refractivity contribution is -0.130. The molecular formula is C20H23NO3. The number of likely N-dealkylation sites (tertiary alicyclic amines) is 1. The minimum atomic E-state index is 0.0948. The monoisotopic (exact) mass is 325 g/mol. The molecule has 1 amide bonds. The normalized spacial score (nSPS) is 16.9. The van der Waals surface area contributed by atoms with Gasteiger partial charge in [0.2, 0.25) is 5.91 Å². The number of benzene rings is 2. The first-order valence-corrected chi connectivity index (χ1v) is 8.37. The Kier molecular flexibility index (Phi) is 5.36. The molecule has 4 nitrogen and oxygen atoms in total. The van der Waals surface area contributed by atoms with Crippen LogP contribution in [0.1, 0.15) is 18.4 Å². The fraction of sp³-hybridized carbons (Fsp3) is 0.350. The van der Waals surface area contributed by atoms with Crippen molar-refractivity contribution in [3.63, 3.8) is 0 Å². The topological polar surface area (TPSA) is 38.8 Å². The summed E-state index contributed by atoms with van der Waals surface area (Å²) in [7, 11) is 1.65. The zero-order valence-corrected chi connectivity index (χ0v) is 14.0. The van der Waals surface area contributed by atoms with Crippen LogP contribution in [0.25, 0.3) is 0 Å². The summed E-state index contributed by atoms with van der Waals surface area (Å²) in [4.78, 5) is 14.3. The van der Waals surface area contributed by atoms with Crippen LogP contribution in [0.2, 0.25) is 0 Å². The van der Waals surface area contributed by atoms with Crippen LogP contribution in [0.4, 0.5) is 0 Å². The van der Waals surface area contributed by atoms with E-state index >= 15 is 0 Å². The number of nitrogens with zero attached hydrogens (tertiary/aromatic N) is 1. The van der Waals surface area contributed by atoms with Crippen molar-refractivity contribution in [2.24, 2.45) is 0 Å². The van der Waals surface area contributed by atoms with E-state index in [9.17, 15) is 4.79 Å². The van der Waals surface area contributed by atoms with Gasteiger partial charge in [0, 0.05) is 19.4 Å². The first kappa shape index (κ1) is 16.4. The molecule has 0 aliphatic carbocycles. The van der Waals surface area contributed by atoms with E-state index in [4.69, 9.17) is 9.47 Å². The number of amides is 1. The third-order valence-corrected chi connectivity index (χ3v) is 4.33. The molecule has 2 aromatic carbocycles. The first-order chi connectivity index (χ1) is 11.7. The van der Waals surface area contributed by atoms with Gasteiger partial charge in [-0.15, -0.1) is 0 Å². The zero-order chi connectivity index (χ0) is 16.8. The second kappa shape index (κ2) is 7.86. The molecule has 1 heterocycles. The molecule has 24 heavy (non-hydrogen) atoms. The van der Waals surface area contributed by atoms with Gasteiger partial charge in [-0.1, -0.05) is 30.3 Å². The van der Waals surface area contributed by atoms with E-state index < -0.39 is 0 Å². The Morgan fingerprint density at radius 3 is 2.54 bits per heavy atom. The highest BCUT2D eigenvalue weighted by molar-refractivity contribution is 5.76. The number of aryl methyl sites for hydroxylation is 1. The molecule has 1 atom stereocenters. The van der Waals surface area contributed by atoms with Gasteiger partial charge in [0.05, 0.1) is 13.7 Å². The van der Waals surface area contributed by atoms with Crippen molar-refractivity contribution in [2.75, 3.05) is 20.2 Å². The Balaban J connectivity index is 1.45. The maximum absolute atomic E-state index is 12.4. The van der Waals surface area contributed by atoms with Gasteiger partial charge in [-0.05, 0) is 36.2 Å². The third kappa shape index (κ3) is 4.28. The van der Waals surface area contributed by atoms with Crippen molar-refractivity contribution in [2.45, 2.75) is 25.4 Å². The minimum Gasteiger partial charge on any atom is -0.497 e. The minimum absolute atomic E-state index is 0.0948. The number of rotatable bonds is 6. The summed E-state index contributed by atoms with van der Waals surface area (Å²) in [5, 5.41) is 0. The number of carbonyl (C=O) groups excluding carboxylic acids is 1. The van der Waals surface area contributed by atoms with Gasteiger partial charge >= 0.3 is 0 Å².